The maximum absolute atomic E-state index is 12.0. The Labute approximate surface area is 146 Å². The van der Waals surface area contributed by atoms with E-state index in [0.29, 0.717) is 5.02 Å². The van der Waals surface area contributed by atoms with Crippen molar-refractivity contribution < 1.29 is 9.90 Å². The molecule has 128 valence electrons. The van der Waals surface area contributed by atoms with Gasteiger partial charge in [0.2, 0.25) is 0 Å². The molecule has 1 atom stereocenters. The average Bonchev–Trinajstić information content (AvgIpc) is 2.91. The number of rotatable bonds is 5. The summed E-state index contributed by atoms with van der Waals surface area (Å²) in [4.78, 5) is 19.5. The van der Waals surface area contributed by atoms with E-state index in [9.17, 15) is 9.90 Å². The van der Waals surface area contributed by atoms with E-state index in [2.05, 4.69) is 16.5 Å². The van der Waals surface area contributed by atoms with Gasteiger partial charge in [0.1, 0.15) is 6.04 Å². The van der Waals surface area contributed by atoms with E-state index in [1.165, 1.54) is 0 Å². The number of hydrogen-bond acceptors (Lipinski definition) is 3. The molecule has 2 N–H and O–H groups in total. The van der Waals surface area contributed by atoms with Crippen LogP contribution in [0.5, 0.6) is 0 Å². The number of aliphatic carboxylic acids is 1. The number of carboxylic acids is 1. The first kappa shape index (κ1) is 17.0. The second kappa shape index (κ2) is 6.97. The summed E-state index contributed by atoms with van der Waals surface area (Å²) in [5.41, 5.74) is 2.81. The SMILES string of the molecule is C=C(C)CN1CCN([C@@H](C(=O)O)c2c[nH]c3ccc(Cl)cc23)CC1. The third-order valence-corrected chi connectivity index (χ3v) is 4.70. The van der Waals surface area contributed by atoms with Gasteiger partial charge < -0.3 is 10.1 Å². The minimum absolute atomic E-state index is 0.610. The van der Waals surface area contributed by atoms with Gasteiger partial charge in [0, 0.05) is 60.4 Å². The van der Waals surface area contributed by atoms with E-state index < -0.39 is 12.0 Å². The van der Waals surface area contributed by atoms with Gasteiger partial charge in [0.05, 0.1) is 0 Å². The summed E-state index contributed by atoms with van der Waals surface area (Å²) in [7, 11) is 0. The number of aromatic amines is 1. The molecule has 3 rings (SSSR count). The highest BCUT2D eigenvalue weighted by atomic mass is 35.5. The lowest BCUT2D eigenvalue weighted by Gasteiger charge is -2.37. The van der Waals surface area contributed by atoms with Crippen molar-refractivity contribution >= 4 is 28.5 Å². The molecule has 0 unspecified atom stereocenters. The van der Waals surface area contributed by atoms with E-state index in [4.69, 9.17) is 11.6 Å². The predicted molar refractivity (Wildman–Crippen MR) is 96.5 cm³/mol. The molecule has 1 aliphatic heterocycles. The van der Waals surface area contributed by atoms with Crippen molar-refractivity contribution in [2.24, 2.45) is 0 Å². The lowest BCUT2D eigenvalue weighted by Crippen LogP contribution is -2.49. The van der Waals surface area contributed by atoms with Gasteiger partial charge >= 0.3 is 5.97 Å². The standard InChI is InChI=1S/C18H22ClN3O2/c1-12(2)11-21-5-7-22(8-6-21)17(18(23)24)15-10-20-16-4-3-13(19)9-14(15)16/h3-4,9-10,17,20H,1,5-8,11H2,2H3,(H,23,24)/t17-/m1/s1. The number of nitrogens with one attached hydrogen (secondary N) is 1. The molecule has 0 saturated carbocycles. The minimum atomic E-state index is -0.829. The van der Waals surface area contributed by atoms with Gasteiger partial charge in [-0.25, -0.2) is 0 Å². The summed E-state index contributed by atoms with van der Waals surface area (Å²) in [5.74, 6) is -0.829. The molecule has 0 amide bonds. The zero-order valence-corrected chi connectivity index (χ0v) is 14.5. The van der Waals surface area contributed by atoms with Crippen molar-refractivity contribution in [2.75, 3.05) is 32.7 Å². The normalized spacial score (nSPS) is 17.9. The second-order valence-electron chi connectivity index (χ2n) is 6.44. The van der Waals surface area contributed by atoms with Crippen LogP contribution in [-0.4, -0.2) is 58.6 Å². The summed E-state index contributed by atoms with van der Waals surface area (Å²) in [6.07, 6.45) is 1.79. The Morgan fingerprint density at radius 3 is 2.71 bits per heavy atom. The number of hydrogen-bond donors (Lipinski definition) is 2. The van der Waals surface area contributed by atoms with Crippen LogP contribution < -0.4 is 0 Å². The lowest BCUT2D eigenvalue weighted by atomic mass is 10.0. The van der Waals surface area contributed by atoms with E-state index in [-0.39, 0.29) is 0 Å². The summed E-state index contributed by atoms with van der Waals surface area (Å²) in [5, 5.41) is 11.3. The molecular weight excluding hydrogens is 326 g/mol. The Kier molecular flexibility index (Phi) is 4.94. The van der Waals surface area contributed by atoms with Gasteiger partial charge in [-0.1, -0.05) is 23.8 Å². The number of piperazine rings is 1. The highest BCUT2D eigenvalue weighted by Gasteiger charge is 2.32. The van der Waals surface area contributed by atoms with Gasteiger partial charge in [-0.2, -0.15) is 0 Å². The van der Waals surface area contributed by atoms with E-state index in [1.807, 2.05) is 24.0 Å². The minimum Gasteiger partial charge on any atom is -0.480 e. The molecule has 2 aromatic rings. The smallest absolute Gasteiger partial charge is 0.325 e. The van der Waals surface area contributed by atoms with Crippen LogP contribution in [0.3, 0.4) is 0 Å². The van der Waals surface area contributed by atoms with Gasteiger partial charge in [-0.15, -0.1) is 0 Å². The first-order valence-electron chi connectivity index (χ1n) is 8.06. The van der Waals surface area contributed by atoms with Crippen molar-refractivity contribution in [3.8, 4) is 0 Å². The van der Waals surface area contributed by atoms with Crippen LogP contribution in [-0.2, 0) is 4.79 Å². The maximum Gasteiger partial charge on any atom is 0.325 e. The predicted octanol–water partition coefficient (Wildman–Crippen LogP) is 3.14. The molecule has 2 heterocycles. The molecule has 0 aliphatic carbocycles. The Morgan fingerprint density at radius 1 is 1.38 bits per heavy atom. The molecule has 5 nitrogen and oxygen atoms in total. The number of carbonyl (C=O) groups is 1. The van der Waals surface area contributed by atoms with Gasteiger partial charge in [-0.05, 0) is 25.1 Å². The zero-order valence-electron chi connectivity index (χ0n) is 13.8. The quantitative estimate of drug-likeness (QED) is 0.816. The monoisotopic (exact) mass is 347 g/mol. The fraction of sp³-hybridized carbons (Fsp3) is 0.389. The van der Waals surface area contributed by atoms with Crippen LogP contribution >= 0.6 is 11.6 Å². The number of nitrogens with zero attached hydrogens (tertiary/aromatic N) is 2. The number of aromatic nitrogens is 1. The Balaban J connectivity index is 1.84. The molecule has 6 heteroatoms. The van der Waals surface area contributed by atoms with E-state index in [0.717, 1.165) is 54.8 Å². The average molecular weight is 348 g/mol. The fourth-order valence-electron chi connectivity index (χ4n) is 3.39. The summed E-state index contributed by atoms with van der Waals surface area (Å²) in [6, 6.07) is 4.85. The first-order valence-corrected chi connectivity index (χ1v) is 8.43. The largest absolute Gasteiger partial charge is 0.480 e. The molecular formula is C18H22ClN3O2. The number of halogens is 1. The van der Waals surface area contributed by atoms with Crippen molar-refractivity contribution in [3.63, 3.8) is 0 Å². The summed E-state index contributed by atoms with van der Waals surface area (Å²) < 4.78 is 0. The van der Waals surface area contributed by atoms with Crippen molar-refractivity contribution in [2.45, 2.75) is 13.0 Å². The Morgan fingerprint density at radius 2 is 2.08 bits per heavy atom. The van der Waals surface area contributed by atoms with Crippen molar-refractivity contribution in [1.29, 1.82) is 0 Å². The number of carboxylic acid groups (broad SMARTS) is 1. The van der Waals surface area contributed by atoms with Crippen molar-refractivity contribution in [3.05, 3.63) is 47.1 Å². The first-order chi connectivity index (χ1) is 11.5. The van der Waals surface area contributed by atoms with Crippen molar-refractivity contribution in [1.82, 2.24) is 14.8 Å². The van der Waals surface area contributed by atoms with Crippen LogP contribution in [0.25, 0.3) is 10.9 Å². The molecule has 1 saturated heterocycles. The number of H-pyrrole nitrogens is 1. The topological polar surface area (TPSA) is 59.6 Å². The zero-order chi connectivity index (χ0) is 17.3. The fourth-order valence-corrected chi connectivity index (χ4v) is 3.56. The summed E-state index contributed by atoms with van der Waals surface area (Å²) >= 11 is 6.10. The molecule has 24 heavy (non-hydrogen) atoms. The molecule has 1 aromatic heterocycles. The molecule has 0 radical (unpaired) electrons. The lowest BCUT2D eigenvalue weighted by molar-refractivity contribution is -0.144. The Bertz CT molecular complexity index is 763. The highest BCUT2D eigenvalue weighted by molar-refractivity contribution is 6.31. The van der Waals surface area contributed by atoms with Crippen LogP contribution in [0.4, 0.5) is 0 Å². The molecule has 1 aromatic carbocycles. The van der Waals surface area contributed by atoms with E-state index >= 15 is 0 Å². The third-order valence-electron chi connectivity index (χ3n) is 4.47. The molecule has 1 aliphatic rings. The summed E-state index contributed by atoms with van der Waals surface area (Å²) in [6.45, 7) is 9.97. The van der Waals surface area contributed by atoms with Gasteiger partial charge in [0.25, 0.3) is 0 Å². The molecule has 1 fully saturated rings. The number of benzene rings is 1. The highest BCUT2D eigenvalue weighted by Crippen LogP contribution is 2.31. The van der Waals surface area contributed by atoms with E-state index in [1.54, 1.807) is 12.3 Å². The second-order valence-corrected chi connectivity index (χ2v) is 6.88. The van der Waals surface area contributed by atoms with Gasteiger partial charge in [0.15, 0.2) is 0 Å². The van der Waals surface area contributed by atoms with Crippen LogP contribution in [0.2, 0.25) is 5.02 Å². The molecule has 0 bridgehead atoms. The van der Waals surface area contributed by atoms with Crippen LogP contribution in [0.1, 0.15) is 18.5 Å². The maximum atomic E-state index is 12.0. The number of fused-ring (bicyclic) bond motifs is 1. The molecule has 0 spiro atoms. The Hall–Kier alpha value is -1.82. The van der Waals surface area contributed by atoms with Gasteiger partial charge in [-0.3, -0.25) is 14.6 Å². The van der Waals surface area contributed by atoms with Crippen LogP contribution in [0.15, 0.2) is 36.5 Å². The third kappa shape index (κ3) is 3.48. The van der Waals surface area contributed by atoms with Crippen LogP contribution in [0, 0.1) is 0 Å².